The van der Waals surface area contributed by atoms with Crippen LogP contribution in [-0.2, 0) is 4.74 Å². The van der Waals surface area contributed by atoms with Crippen LogP contribution in [-0.4, -0.2) is 25.8 Å². The number of hydrogen-bond donors (Lipinski definition) is 0. The van der Waals surface area contributed by atoms with E-state index in [1.165, 1.54) is 0 Å². The van der Waals surface area contributed by atoms with Crippen LogP contribution in [0, 0.1) is 18.3 Å². The molecule has 3 heteroatoms. The topological polar surface area (TPSA) is 36.3 Å². The number of anilines is 1. The van der Waals surface area contributed by atoms with Crippen molar-refractivity contribution >= 4 is 5.69 Å². The molecule has 0 bridgehead atoms. The number of rotatable bonds is 2. The predicted octanol–water partition coefficient (Wildman–Crippen LogP) is 2.87. The highest BCUT2D eigenvalue weighted by Gasteiger charge is 2.26. The molecule has 1 heterocycles. The molecule has 1 fully saturated rings. The molecule has 2 unspecified atom stereocenters. The van der Waals surface area contributed by atoms with Gasteiger partial charge in [-0.1, -0.05) is 6.07 Å². The summed E-state index contributed by atoms with van der Waals surface area (Å²) in [4.78, 5) is 2.33. The second-order valence-electron chi connectivity index (χ2n) is 5.06. The largest absolute Gasteiger partial charge is 0.381 e. The summed E-state index contributed by atoms with van der Waals surface area (Å²) in [5.74, 6) is 0. The molecule has 1 aromatic carbocycles. The number of benzene rings is 1. The minimum Gasteiger partial charge on any atom is -0.381 e. The van der Waals surface area contributed by atoms with E-state index in [1.54, 1.807) is 7.11 Å². The molecule has 0 N–H and O–H groups in total. The van der Waals surface area contributed by atoms with E-state index in [-0.39, 0.29) is 0 Å². The van der Waals surface area contributed by atoms with Crippen LogP contribution in [0.3, 0.4) is 0 Å². The zero-order valence-corrected chi connectivity index (χ0v) is 11.3. The minimum absolute atomic E-state index is 0.354. The Balaban J connectivity index is 2.25. The first-order valence-corrected chi connectivity index (χ1v) is 6.46. The summed E-state index contributed by atoms with van der Waals surface area (Å²) in [7, 11) is 1.78. The van der Waals surface area contributed by atoms with Crippen molar-refractivity contribution < 1.29 is 4.74 Å². The average molecular weight is 244 g/mol. The molecule has 0 amide bonds. The van der Waals surface area contributed by atoms with Crippen LogP contribution in [0.25, 0.3) is 0 Å². The molecule has 1 aliphatic rings. The van der Waals surface area contributed by atoms with Gasteiger partial charge in [-0.2, -0.15) is 5.26 Å². The van der Waals surface area contributed by atoms with E-state index in [2.05, 4.69) is 30.0 Å². The molecule has 3 nitrogen and oxygen atoms in total. The molecule has 0 saturated carbocycles. The van der Waals surface area contributed by atoms with Gasteiger partial charge in [0.15, 0.2) is 0 Å². The maximum Gasteiger partial charge on any atom is 0.101 e. The van der Waals surface area contributed by atoms with Crippen LogP contribution in [0.2, 0.25) is 0 Å². The predicted molar refractivity (Wildman–Crippen MR) is 72.7 cm³/mol. The summed E-state index contributed by atoms with van der Waals surface area (Å²) in [6, 6.07) is 8.83. The number of nitrogens with zero attached hydrogens (tertiary/aromatic N) is 2. The molecule has 2 rings (SSSR count). The lowest BCUT2D eigenvalue weighted by atomic mass is 9.98. The summed E-state index contributed by atoms with van der Waals surface area (Å²) in [5.41, 5.74) is 2.97. The summed E-state index contributed by atoms with van der Waals surface area (Å²) in [5, 5.41) is 9.26. The fourth-order valence-electron chi connectivity index (χ4n) is 2.69. The van der Waals surface area contributed by atoms with Gasteiger partial charge in [0, 0.05) is 19.7 Å². The van der Waals surface area contributed by atoms with Crippen LogP contribution < -0.4 is 4.90 Å². The van der Waals surface area contributed by atoms with Crippen LogP contribution in [0.4, 0.5) is 5.69 Å². The summed E-state index contributed by atoms with van der Waals surface area (Å²) in [6.45, 7) is 5.18. The van der Waals surface area contributed by atoms with Gasteiger partial charge in [0.1, 0.15) is 6.07 Å². The molecule has 2 atom stereocenters. The lowest BCUT2D eigenvalue weighted by Gasteiger charge is -2.39. The Labute approximate surface area is 109 Å². The van der Waals surface area contributed by atoms with Crippen molar-refractivity contribution in [3.8, 4) is 6.07 Å². The second-order valence-corrected chi connectivity index (χ2v) is 5.06. The molecular weight excluding hydrogens is 224 g/mol. The first kappa shape index (κ1) is 12.9. The Morgan fingerprint density at radius 1 is 1.44 bits per heavy atom. The molecule has 0 aliphatic carbocycles. The van der Waals surface area contributed by atoms with E-state index in [0.29, 0.717) is 12.1 Å². The Hall–Kier alpha value is -1.53. The maximum atomic E-state index is 9.26. The van der Waals surface area contributed by atoms with Gasteiger partial charge in [0.25, 0.3) is 0 Å². The third kappa shape index (κ3) is 2.49. The van der Waals surface area contributed by atoms with Crippen LogP contribution in [0.1, 0.15) is 30.9 Å². The summed E-state index contributed by atoms with van der Waals surface area (Å²) < 4.78 is 5.43. The van der Waals surface area contributed by atoms with Gasteiger partial charge in [-0.3, -0.25) is 0 Å². The van der Waals surface area contributed by atoms with Gasteiger partial charge in [0.2, 0.25) is 0 Å². The molecule has 1 aromatic rings. The van der Waals surface area contributed by atoms with E-state index in [9.17, 15) is 5.26 Å². The lowest BCUT2D eigenvalue weighted by molar-refractivity contribution is 0.0721. The van der Waals surface area contributed by atoms with Crippen molar-refractivity contribution in [3.63, 3.8) is 0 Å². The van der Waals surface area contributed by atoms with Crippen LogP contribution in [0.15, 0.2) is 18.2 Å². The van der Waals surface area contributed by atoms with E-state index < -0.39 is 0 Å². The number of nitriles is 1. The van der Waals surface area contributed by atoms with Crippen molar-refractivity contribution in [3.05, 3.63) is 29.3 Å². The van der Waals surface area contributed by atoms with Crippen molar-refractivity contribution in [1.29, 1.82) is 5.26 Å². The van der Waals surface area contributed by atoms with Gasteiger partial charge in [-0.25, -0.2) is 0 Å². The lowest BCUT2D eigenvalue weighted by Crippen LogP contribution is -2.43. The first-order valence-electron chi connectivity index (χ1n) is 6.46. The highest BCUT2D eigenvalue weighted by atomic mass is 16.5. The molecule has 0 spiro atoms. The Bertz CT molecular complexity index is 464. The molecular formula is C15H20N2O. The highest BCUT2D eigenvalue weighted by molar-refractivity contribution is 5.61. The van der Waals surface area contributed by atoms with Gasteiger partial charge in [-0.15, -0.1) is 0 Å². The number of ether oxygens (including phenoxy) is 1. The van der Waals surface area contributed by atoms with Gasteiger partial charge in [0.05, 0.1) is 17.4 Å². The molecule has 1 aliphatic heterocycles. The minimum atomic E-state index is 0.354. The Morgan fingerprint density at radius 3 is 2.83 bits per heavy atom. The van der Waals surface area contributed by atoms with E-state index >= 15 is 0 Å². The normalized spacial score (nSPS) is 23.8. The maximum absolute atomic E-state index is 9.26. The Kier molecular flexibility index (Phi) is 3.88. The third-order valence-corrected chi connectivity index (χ3v) is 3.74. The third-order valence-electron chi connectivity index (χ3n) is 3.74. The Morgan fingerprint density at radius 2 is 2.22 bits per heavy atom. The molecule has 18 heavy (non-hydrogen) atoms. The van der Waals surface area contributed by atoms with E-state index in [0.717, 1.165) is 36.2 Å². The first-order chi connectivity index (χ1) is 8.65. The van der Waals surface area contributed by atoms with E-state index in [1.807, 2.05) is 13.0 Å². The molecule has 1 saturated heterocycles. The average Bonchev–Trinajstić information content (AvgIpc) is 2.39. The van der Waals surface area contributed by atoms with Crippen molar-refractivity contribution in [2.75, 3.05) is 18.6 Å². The van der Waals surface area contributed by atoms with Crippen molar-refractivity contribution in [2.45, 2.75) is 38.8 Å². The quantitative estimate of drug-likeness (QED) is 0.802. The number of hydrogen-bond acceptors (Lipinski definition) is 3. The molecule has 0 aromatic heterocycles. The zero-order chi connectivity index (χ0) is 13.1. The monoisotopic (exact) mass is 244 g/mol. The van der Waals surface area contributed by atoms with Crippen molar-refractivity contribution in [2.24, 2.45) is 0 Å². The number of piperidine rings is 1. The zero-order valence-electron chi connectivity index (χ0n) is 11.3. The second kappa shape index (κ2) is 5.41. The molecule has 96 valence electrons. The summed E-state index contributed by atoms with van der Waals surface area (Å²) in [6.07, 6.45) is 2.40. The standard InChI is InChI=1S/C15H20N2O/c1-11-4-5-15(13(8-11)10-16)17-7-6-14(18-3)9-12(17)2/h4-5,8,12,14H,6-7,9H2,1-3H3. The fourth-order valence-corrected chi connectivity index (χ4v) is 2.69. The SMILES string of the molecule is COC1CCN(c2ccc(C)cc2C#N)C(C)C1. The van der Waals surface area contributed by atoms with Crippen LogP contribution in [0.5, 0.6) is 0 Å². The number of methoxy groups -OCH3 is 1. The van der Waals surface area contributed by atoms with Gasteiger partial charge < -0.3 is 9.64 Å². The van der Waals surface area contributed by atoms with Crippen molar-refractivity contribution in [1.82, 2.24) is 0 Å². The fraction of sp³-hybridized carbons (Fsp3) is 0.533. The molecule has 0 radical (unpaired) electrons. The smallest absolute Gasteiger partial charge is 0.101 e. The van der Waals surface area contributed by atoms with Gasteiger partial charge >= 0.3 is 0 Å². The van der Waals surface area contributed by atoms with Gasteiger partial charge in [-0.05, 0) is 44.4 Å². The summed E-state index contributed by atoms with van der Waals surface area (Å²) >= 11 is 0. The van der Waals surface area contributed by atoms with Crippen LogP contribution >= 0.6 is 0 Å². The van der Waals surface area contributed by atoms with E-state index in [4.69, 9.17) is 4.74 Å². The number of aryl methyl sites for hydroxylation is 1. The highest BCUT2D eigenvalue weighted by Crippen LogP contribution is 2.29.